The van der Waals surface area contributed by atoms with E-state index in [0.29, 0.717) is 0 Å². The van der Waals surface area contributed by atoms with Gasteiger partial charge in [-0.05, 0) is 31.4 Å². The third kappa shape index (κ3) is 4.42. The molecule has 28 heavy (non-hydrogen) atoms. The number of amides is 1. The highest BCUT2D eigenvalue weighted by atomic mass is 19.4. The first-order valence-corrected chi connectivity index (χ1v) is 8.30. The van der Waals surface area contributed by atoms with Crippen LogP contribution in [0.2, 0.25) is 0 Å². The molecule has 0 spiro atoms. The van der Waals surface area contributed by atoms with Crippen molar-refractivity contribution in [3.05, 3.63) is 36.5 Å². The third-order valence-corrected chi connectivity index (χ3v) is 4.64. The number of hydrogen-bond donors (Lipinski definition) is 1. The van der Waals surface area contributed by atoms with Crippen LogP contribution in [0, 0.1) is 11.8 Å². The highest BCUT2D eigenvalue weighted by Crippen LogP contribution is 2.45. The van der Waals surface area contributed by atoms with E-state index in [-0.39, 0.29) is 11.4 Å². The zero-order chi connectivity index (χ0) is 20.5. The van der Waals surface area contributed by atoms with E-state index in [9.17, 15) is 31.1 Å². The first kappa shape index (κ1) is 20.1. The number of nitrogens with zero attached hydrogens (tertiary/aromatic N) is 4. The second kappa shape index (κ2) is 7.40. The maximum atomic E-state index is 13.1. The molecule has 12 heteroatoms. The Morgan fingerprint density at radius 2 is 1.71 bits per heavy atom. The number of carbonyl (C=O) groups excluding carboxylic acids is 1. The van der Waals surface area contributed by atoms with Crippen LogP contribution in [0.3, 0.4) is 0 Å². The maximum Gasteiger partial charge on any atom is 0.391 e. The quantitative estimate of drug-likeness (QED) is 0.793. The monoisotopic (exact) mass is 407 g/mol. The fraction of sp³-hybridized carbons (Fsp3) is 0.500. The Balaban J connectivity index is 1.81. The Hall–Kier alpha value is -2.66. The van der Waals surface area contributed by atoms with E-state index < -0.39 is 55.4 Å². The van der Waals surface area contributed by atoms with Crippen LogP contribution >= 0.6 is 0 Å². The number of hydrogen-bond acceptors (Lipinski definition) is 4. The largest absolute Gasteiger partial charge is 0.391 e. The molecule has 2 aromatic heterocycles. The molecule has 152 valence electrons. The number of aromatic nitrogens is 4. The van der Waals surface area contributed by atoms with Gasteiger partial charge >= 0.3 is 12.4 Å². The molecule has 1 saturated carbocycles. The zero-order valence-corrected chi connectivity index (χ0v) is 14.2. The molecule has 0 aliphatic heterocycles. The van der Waals surface area contributed by atoms with Gasteiger partial charge in [0.2, 0.25) is 0 Å². The van der Waals surface area contributed by atoms with Crippen LogP contribution in [-0.4, -0.2) is 44.1 Å². The van der Waals surface area contributed by atoms with Crippen molar-refractivity contribution in [1.29, 1.82) is 0 Å². The van der Waals surface area contributed by atoms with Crippen LogP contribution in [0.5, 0.6) is 0 Å². The lowest BCUT2D eigenvalue weighted by molar-refractivity contribution is -0.225. The molecule has 3 rings (SSSR count). The summed E-state index contributed by atoms with van der Waals surface area (Å²) in [6.07, 6.45) is -7.97. The summed E-state index contributed by atoms with van der Waals surface area (Å²) >= 11 is 0. The van der Waals surface area contributed by atoms with Gasteiger partial charge in [0.05, 0.1) is 17.4 Å². The van der Waals surface area contributed by atoms with E-state index in [1.165, 1.54) is 35.7 Å². The minimum atomic E-state index is -4.77. The average molecular weight is 407 g/mol. The van der Waals surface area contributed by atoms with Crippen molar-refractivity contribution in [3.63, 3.8) is 0 Å². The molecule has 2 heterocycles. The topological polar surface area (TPSA) is 72.7 Å². The summed E-state index contributed by atoms with van der Waals surface area (Å²) in [5, 5.41) is 6.13. The van der Waals surface area contributed by atoms with Gasteiger partial charge in [0.25, 0.3) is 5.91 Å². The van der Waals surface area contributed by atoms with Gasteiger partial charge in [-0.2, -0.15) is 31.4 Å². The fourth-order valence-electron chi connectivity index (χ4n) is 3.31. The van der Waals surface area contributed by atoms with Crippen molar-refractivity contribution in [2.24, 2.45) is 11.8 Å². The molecular formula is C16H15F6N5O. The van der Waals surface area contributed by atoms with Crippen LogP contribution in [0.1, 0.15) is 29.6 Å². The summed E-state index contributed by atoms with van der Waals surface area (Å²) in [6.45, 7) is 0. The molecule has 1 aliphatic carbocycles. The number of pyridine rings is 1. The summed E-state index contributed by atoms with van der Waals surface area (Å²) in [5.41, 5.74) is -0.0364. The Kier molecular flexibility index (Phi) is 5.31. The van der Waals surface area contributed by atoms with Gasteiger partial charge in [0.1, 0.15) is 12.7 Å². The summed E-state index contributed by atoms with van der Waals surface area (Å²) < 4.78 is 79.6. The van der Waals surface area contributed by atoms with E-state index in [4.69, 9.17) is 0 Å². The summed E-state index contributed by atoms with van der Waals surface area (Å²) in [6, 6.07) is 1.50. The van der Waals surface area contributed by atoms with Gasteiger partial charge in [-0.15, -0.1) is 0 Å². The Bertz CT molecular complexity index is 798. The van der Waals surface area contributed by atoms with E-state index in [1.807, 2.05) is 0 Å². The normalized spacial score (nSPS) is 23.4. The second-order valence-electron chi connectivity index (χ2n) is 6.57. The van der Waals surface area contributed by atoms with Crippen molar-refractivity contribution in [2.45, 2.75) is 37.7 Å². The Labute approximate surface area is 155 Å². The van der Waals surface area contributed by atoms with Gasteiger partial charge in [-0.25, -0.2) is 14.6 Å². The number of rotatable bonds is 3. The molecule has 0 bridgehead atoms. The molecule has 1 aliphatic rings. The Morgan fingerprint density at radius 1 is 1.07 bits per heavy atom. The van der Waals surface area contributed by atoms with Crippen molar-refractivity contribution in [1.82, 2.24) is 25.1 Å². The molecule has 1 amide bonds. The zero-order valence-electron chi connectivity index (χ0n) is 14.2. The van der Waals surface area contributed by atoms with Crippen LogP contribution in [-0.2, 0) is 0 Å². The van der Waals surface area contributed by atoms with Crippen molar-refractivity contribution >= 4 is 5.91 Å². The highest BCUT2D eigenvalue weighted by molar-refractivity contribution is 5.97. The van der Waals surface area contributed by atoms with Crippen LogP contribution < -0.4 is 5.32 Å². The highest BCUT2D eigenvalue weighted by Gasteiger charge is 2.52. The van der Waals surface area contributed by atoms with E-state index in [1.54, 1.807) is 0 Å². The molecule has 3 atom stereocenters. The molecule has 0 aromatic carbocycles. The molecular weight excluding hydrogens is 392 g/mol. The number of nitrogens with one attached hydrogen (secondary N) is 1. The lowest BCUT2D eigenvalue weighted by atomic mass is 9.77. The Morgan fingerprint density at radius 3 is 2.25 bits per heavy atom. The SMILES string of the molecule is O=C(NC1C[C@@H](C(F)(F)F)C[C@@H](C(F)(F)F)C1)c1cccnc1-n1cncn1. The van der Waals surface area contributed by atoms with E-state index >= 15 is 0 Å². The van der Waals surface area contributed by atoms with E-state index in [0.717, 1.165) is 0 Å². The molecule has 1 unspecified atom stereocenters. The van der Waals surface area contributed by atoms with Gasteiger partial charge in [-0.1, -0.05) is 0 Å². The molecule has 0 radical (unpaired) electrons. The summed E-state index contributed by atoms with van der Waals surface area (Å²) in [4.78, 5) is 20.3. The van der Waals surface area contributed by atoms with Crippen LogP contribution in [0.15, 0.2) is 31.0 Å². The molecule has 1 N–H and O–H groups in total. The van der Waals surface area contributed by atoms with E-state index in [2.05, 4.69) is 20.4 Å². The molecule has 0 saturated heterocycles. The predicted octanol–water partition coefficient (Wildman–Crippen LogP) is 3.30. The number of carbonyl (C=O) groups is 1. The standard InChI is InChI=1S/C16H15F6N5O/c17-15(18,19)9-4-10(16(20,21)22)6-11(5-9)26-14(28)12-2-1-3-24-13(12)27-8-23-7-25-27/h1-3,7-11H,4-6H2,(H,26,28)/t9-,10+,11?. The molecule has 6 nitrogen and oxygen atoms in total. The number of halogens is 6. The maximum absolute atomic E-state index is 13.1. The van der Waals surface area contributed by atoms with Crippen molar-refractivity contribution in [2.75, 3.05) is 0 Å². The molecule has 2 aromatic rings. The van der Waals surface area contributed by atoms with Gasteiger partial charge in [0, 0.05) is 12.2 Å². The van der Waals surface area contributed by atoms with Crippen molar-refractivity contribution in [3.8, 4) is 5.82 Å². The van der Waals surface area contributed by atoms with Crippen LogP contribution in [0.4, 0.5) is 26.3 Å². The van der Waals surface area contributed by atoms with Gasteiger partial charge in [0.15, 0.2) is 5.82 Å². The fourth-order valence-corrected chi connectivity index (χ4v) is 3.31. The lowest BCUT2D eigenvalue weighted by Gasteiger charge is -2.37. The van der Waals surface area contributed by atoms with Gasteiger partial charge in [-0.3, -0.25) is 4.79 Å². The smallest absolute Gasteiger partial charge is 0.349 e. The summed E-state index contributed by atoms with van der Waals surface area (Å²) in [5.74, 6) is -5.04. The first-order valence-electron chi connectivity index (χ1n) is 8.30. The molecule has 1 fully saturated rings. The number of alkyl halides is 6. The summed E-state index contributed by atoms with van der Waals surface area (Å²) in [7, 11) is 0. The lowest BCUT2D eigenvalue weighted by Crippen LogP contribution is -2.47. The third-order valence-electron chi connectivity index (χ3n) is 4.64. The minimum absolute atomic E-state index is 0.0364. The van der Waals surface area contributed by atoms with Gasteiger partial charge < -0.3 is 5.32 Å². The second-order valence-corrected chi connectivity index (χ2v) is 6.57. The average Bonchev–Trinajstić information content (AvgIpc) is 3.14. The predicted molar refractivity (Wildman–Crippen MR) is 83.3 cm³/mol. The van der Waals surface area contributed by atoms with Crippen LogP contribution in [0.25, 0.3) is 5.82 Å². The minimum Gasteiger partial charge on any atom is -0.349 e. The van der Waals surface area contributed by atoms with Crippen molar-refractivity contribution < 1.29 is 31.1 Å². The first-order chi connectivity index (χ1) is 13.1.